The number of rotatable bonds is 0. The number of carbonyl (C=O) groups excluding carboxylic acids is 2. The largest absolute Gasteiger partial charge is 0.332 e. The van der Waals surface area contributed by atoms with E-state index in [-0.39, 0.29) is 11.9 Å². The molecule has 0 aromatic heterocycles. The van der Waals surface area contributed by atoms with E-state index in [2.05, 4.69) is 5.32 Å². The second-order valence-electron chi connectivity index (χ2n) is 5.40. The highest BCUT2D eigenvalue weighted by Crippen LogP contribution is 2.31. The standard InChI is InChI=1S/C15H19N3O2/c1-11-10-12-4-2-3-5-13(12)18(11)15(20)14(19)17-8-6-16-7-9-17/h2-5,11,16H,6-10H2,1H3. The molecule has 2 heterocycles. The van der Waals surface area contributed by atoms with E-state index in [0.717, 1.165) is 30.8 Å². The lowest BCUT2D eigenvalue weighted by Gasteiger charge is -2.30. The molecule has 1 atom stereocenters. The monoisotopic (exact) mass is 273 g/mol. The fourth-order valence-corrected chi connectivity index (χ4v) is 2.98. The van der Waals surface area contributed by atoms with Crippen LogP contribution in [0.25, 0.3) is 0 Å². The zero-order valence-electron chi connectivity index (χ0n) is 11.6. The van der Waals surface area contributed by atoms with Gasteiger partial charge in [-0.3, -0.25) is 9.59 Å². The Morgan fingerprint density at radius 1 is 1.15 bits per heavy atom. The average molecular weight is 273 g/mol. The SMILES string of the molecule is CC1Cc2ccccc2N1C(=O)C(=O)N1CCNCC1. The van der Waals surface area contributed by atoms with Gasteiger partial charge in [0.05, 0.1) is 0 Å². The molecule has 1 saturated heterocycles. The Morgan fingerprint density at radius 2 is 1.85 bits per heavy atom. The zero-order valence-corrected chi connectivity index (χ0v) is 11.6. The fraction of sp³-hybridized carbons (Fsp3) is 0.467. The first-order valence-electron chi connectivity index (χ1n) is 7.09. The van der Waals surface area contributed by atoms with Gasteiger partial charge in [-0.2, -0.15) is 0 Å². The molecule has 20 heavy (non-hydrogen) atoms. The Labute approximate surface area is 118 Å². The zero-order chi connectivity index (χ0) is 14.1. The van der Waals surface area contributed by atoms with Crippen molar-refractivity contribution in [3.8, 4) is 0 Å². The van der Waals surface area contributed by atoms with Crippen LogP contribution in [0.4, 0.5) is 5.69 Å². The van der Waals surface area contributed by atoms with Crippen molar-refractivity contribution in [1.29, 1.82) is 0 Å². The summed E-state index contributed by atoms with van der Waals surface area (Å²) in [5.41, 5.74) is 2.02. The van der Waals surface area contributed by atoms with Crippen LogP contribution in [-0.4, -0.2) is 48.9 Å². The van der Waals surface area contributed by atoms with Crippen LogP contribution in [0.5, 0.6) is 0 Å². The number of hydrogen-bond donors (Lipinski definition) is 1. The summed E-state index contributed by atoms with van der Waals surface area (Å²) in [4.78, 5) is 28.2. The molecule has 0 spiro atoms. The molecule has 1 fully saturated rings. The van der Waals surface area contributed by atoms with Gasteiger partial charge in [-0.1, -0.05) is 18.2 Å². The van der Waals surface area contributed by atoms with Crippen molar-refractivity contribution in [1.82, 2.24) is 10.2 Å². The van der Waals surface area contributed by atoms with Crippen LogP contribution in [0.15, 0.2) is 24.3 Å². The third kappa shape index (κ3) is 2.18. The van der Waals surface area contributed by atoms with Gasteiger partial charge in [0, 0.05) is 37.9 Å². The number of carbonyl (C=O) groups is 2. The molecule has 0 saturated carbocycles. The molecule has 1 unspecified atom stereocenters. The van der Waals surface area contributed by atoms with Gasteiger partial charge in [-0.05, 0) is 25.0 Å². The summed E-state index contributed by atoms with van der Waals surface area (Å²) in [7, 11) is 0. The summed E-state index contributed by atoms with van der Waals surface area (Å²) in [6, 6.07) is 7.87. The van der Waals surface area contributed by atoms with Gasteiger partial charge in [-0.15, -0.1) is 0 Å². The van der Waals surface area contributed by atoms with Crippen molar-refractivity contribution in [2.45, 2.75) is 19.4 Å². The molecule has 0 aliphatic carbocycles. The predicted molar refractivity (Wildman–Crippen MR) is 76.5 cm³/mol. The number of nitrogens with zero attached hydrogens (tertiary/aromatic N) is 2. The molecule has 106 valence electrons. The molecule has 5 nitrogen and oxygen atoms in total. The van der Waals surface area contributed by atoms with Crippen molar-refractivity contribution < 1.29 is 9.59 Å². The Hall–Kier alpha value is -1.88. The number of para-hydroxylation sites is 1. The van der Waals surface area contributed by atoms with Crippen LogP contribution >= 0.6 is 0 Å². The van der Waals surface area contributed by atoms with E-state index in [0.29, 0.717) is 13.1 Å². The summed E-state index contributed by atoms with van der Waals surface area (Å²) in [5, 5.41) is 3.18. The number of piperazine rings is 1. The van der Waals surface area contributed by atoms with E-state index in [4.69, 9.17) is 0 Å². The maximum Gasteiger partial charge on any atom is 0.316 e. The summed E-state index contributed by atoms with van der Waals surface area (Å²) in [5.74, 6) is -0.778. The maximum atomic E-state index is 12.5. The molecule has 5 heteroatoms. The molecule has 2 amide bonds. The first kappa shape index (κ1) is 13.1. The van der Waals surface area contributed by atoms with Gasteiger partial charge in [0.1, 0.15) is 0 Å². The van der Waals surface area contributed by atoms with Crippen molar-refractivity contribution >= 4 is 17.5 Å². The highest BCUT2D eigenvalue weighted by atomic mass is 16.2. The maximum absolute atomic E-state index is 12.5. The Kier molecular flexibility index (Phi) is 3.44. The van der Waals surface area contributed by atoms with Crippen LogP contribution in [0.2, 0.25) is 0 Å². The number of amides is 2. The highest BCUT2D eigenvalue weighted by molar-refractivity contribution is 6.40. The summed E-state index contributed by atoms with van der Waals surface area (Å²) >= 11 is 0. The molecule has 0 bridgehead atoms. The lowest BCUT2D eigenvalue weighted by Crippen LogP contribution is -2.53. The number of anilines is 1. The van der Waals surface area contributed by atoms with Crippen LogP contribution in [-0.2, 0) is 16.0 Å². The van der Waals surface area contributed by atoms with Gasteiger partial charge in [-0.25, -0.2) is 0 Å². The molecule has 0 radical (unpaired) electrons. The highest BCUT2D eigenvalue weighted by Gasteiger charge is 2.36. The number of hydrogen-bond acceptors (Lipinski definition) is 3. The van der Waals surface area contributed by atoms with Crippen LogP contribution in [0.1, 0.15) is 12.5 Å². The van der Waals surface area contributed by atoms with E-state index in [1.807, 2.05) is 31.2 Å². The van der Waals surface area contributed by atoms with Crippen LogP contribution in [0, 0.1) is 0 Å². The third-order valence-corrected chi connectivity index (χ3v) is 4.01. The first-order chi connectivity index (χ1) is 9.68. The van der Waals surface area contributed by atoms with E-state index < -0.39 is 5.91 Å². The summed E-state index contributed by atoms with van der Waals surface area (Å²) in [6.45, 7) is 4.71. The topological polar surface area (TPSA) is 52.7 Å². The molecular formula is C15H19N3O2. The van der Waals surface area contributed by atoms with Crippen LogP contribution < -0.4 is 10.2 Å². The minimum Gasteiger partial charge on any atom is -0.332 e. The van der Waals surface area contributed by atoms with E-state index in [1.165, 1.54) is 0 Å². The lowest BCUT2D eigenvalue weighted by molar-refractivity contribution is -0.144. The minimum atomic E-state index is -0.399. The molecule has 2 aliphatic heterocycles. The third-order valence-electron chi connectivity index (χ3n) is 4.01. The second-order valence-corrected chi connectivity index (χ2v) is 5.40. The Morgan fingerprint density at radius 3 is 2.60 bits per heavy atom. The molecular weight excluding hydrogens is 254 g/mol. The summed E-state index contributed by atoms with van der Waals surface area (Å²) in [6.07, 6.45) is 0.816. The van der Waals surface area contributed by atoms with Gasteiger partial charge >= 0.3 is 11.8 Å². The lowest BCUT2D eigenvalue weighted by atomic mass is 10.1. The molecule has 1 N–H and O–H groups in total. The molecule has 1 aromatic rings. The fourth-order valence-electron chi connectivity index (χ4n) is 2.98. The molecule has 1 aromatic carbocycles. The molecule has 3 rings (SSSR count). The van der Waals surface area contributed by atoms with E-state index >= 15 is 0 Å². The first-order valence-corrected chi connectivity index (χ1v) is 7.09. The van der Waals surface area contributed by atoms with Gasteiger partial charge in [0.2, 0.25) is 0 Å². The number of nitrogens with one attached hydrogen (secondary N) is 1. The van der Waals surface area contributed by atoms with Gasteiger partial charge in [0.25, 0.3) is 0 Å². The normalized spacial score (nSPS) is 21.8. The van der Waals surface area contributed by atoms with Crippen LogP contribution in [0.3, 0.4) is 0 Å². The van der Waals surface area contributed by atoms with E-state index in [1.54, 1.807) is 9.80 Å². The second kappa shape index (κ2) is 5.25. The Bertz CT molecular complexity index is 538. The predicted octanol–water partition coefficient (Wildman–Crippen LogP) is 0.396. The minimum absolute atomic E-state index is 0.0479. The van der Waals surface area contributed by atoms with Gasteiger partial charge in [0.15, 0.2) is 0 Å². The number of benzene rings is 1. The smallest absolute Gasteiger partial charge is 0.316 e. The van der Waals surface area contributed by atoms with Gasteiger partial charge < -0.3 is 15.1 Å². The van der Waals surface area contributed by atoms with Crippen molar-refractivity contribution in [3.63, 3.8) is 0 Å². The quantitative estimate of drug-likeness (QED) is 0.696. The summed E-state index contributed by atoms with van der Waals surface area (Å²) < 4.78 is 0. The Balaban J connectivity index is 1.81. The average Bonchev–Trinajstić information content (AvgIpc) is 2.82. The van der Waals surface area contributed by atoms with Crippen molar-refractivity contribution in [2.24, 2.45) is 0 Å². The molecule has 2 aliphatic rings. The van der Waals surface area contributed by atoms with Crippen molar-refractivity contribution in [2.75, 3.05) is 31.1 Å². The van der Waals surface area contributed by atoms with E-state index in [9.17, 15) is 9.59 Å². The number of fused-ring (bicyclic) bond motifs is 1. The van der Waals surface area contributed by atoms with Crippen molar-refractivity contribution in [3.05, 3.63) is 29.8 Å².